The van der Waals surface area contributed by atoms with Crippen molar-refractivity contribution >= 4 is 35.1 Å². The predicted octanol–water partition coefficient (Wildman–Crippen LogP) is 4.99. The van der Waals surface area contributed by atoms with Gasteiger partial charge in [-0.1, -0.05) is 29.8 Å². The van der Waals surface area contributed by atoms with Crippen molar-refractivity contribution < 1.29 is 33.4 Å². The quantitative estimate of drug-likeness (QED) is 0.405. The number of carboxylic acid groups (broad SMARTS) is 1. The molecule has 1 N–H and O–H groups in total. The Hall–Kier alpha value is -4.25. The summed E-state index contributed by atoms with van der Waals surface area (Å²) in [7, 11) is 0. The third-order valence-corrected chi connectivity index (χ3v) is 7.50. The normalized spacial score (nSPS) is 17.3. The molecule has 12 heteroatoms. The van der Waals surface area contributed by atoms with Gasteiger partial charge < -0.3 is 24.4 Å². The number of halogens is 2. The van der Waals surface area contributed by atoms with Gasteiger partial charge in [0.05, 0.1) is 11.4 Å². The van der Waals surface area contributed by atoms with Gasteiger partial charge in [-0.25, -0.2) is 14.4 Å². The van der Waals surface area contributed by atoms with Gasteiger partial charge in [0.15, 0.2) is 17.1 Å². The Morgan fingerprint density at radius 1 is 1.19 bits per heavy atom. The lowest BCUT2D eigenvalue weighted by Gasteiger charge is -2.44. The molecule has 1 saturated heterocycles. The molecule has 1 fully saturated rings. The van der Waals surface area contributed by atoms with E-state index in [1.807, 2.05) is 0 Å². The van der Waals surface area contributed by atoms with Gasteiger partial charge >= 0.3 is 5.97 Å². The number of carboxylic acids is 1. The van der Waals surface area contributed by atoms with Crippen LogP contribution in [0.1, 0.15) is 50.5 Å². The van der Waals surface area contributed by atoms with Gasteiger partial charge in [0.1, 0.15) is 17.5 Å². The number of anilines is 1. The first-order valence-electron chi connectivity index (χ1n) is 13.6. The lowest BCUT2D eigenvalue weighted by atomic mass is 9.97. The lowest BCUT2D eigenvalue weighted by Crippen LogP contribution is -2.58. The molecule has 4 heterocycles. The van der Waals surface area contributed by atoms with Crippen molar-refractivity contribution in [3.63, 3.8) is 0 Å². The maximum absolute atomic E-state index is 15.3. The van der Waals surface area contributed by atoms with E-state index in [-0.39, 0.29) is 24.1 Å². The van der Waals surface area contributed by atoms with Crippen molar-refractivity contribution in [3.8, 4) is 22.8 Å². The number of hydrogen-bond acceptors (Lipinski definition) is 7. The Balaban J connectivity index is 1.30. The van der Waals surface area contributed by atoms with Crippen LogP contribution in [0.25, 0.3) is 11.1 Å². The van der Waals surface area contributed by atoms with Gasteiger partial charge in [-0.15, -0.1) is 0 Å². The van der Waals surface area contributed by atoms with Crippen molar-refractivity contribution in [1.82, 2.24) is 14.9 Å². The molecule has 0 spiro atoms. The monoisotopic (exact) mass is 596 g/mol. The van der Waals surface area contributed by atoms with Crippen LogP contribution in [-0.2, 0) is 9.59 Å². The van der Waals surface area contributed by atoms with E-state index in [4.69, 9.17) is 26.2 Å². The molecule has 42 heavy (non-hydrogen) atoms. The number of aromatic nitrogens is 2. The number of rotatable bonds is 7. The summed E-state index contributed by atoms with van der Waals surface area (Å²) < 4.78 is 26.9. The minimum atomic E-state index is -1.12. The Morgan fingerprint density at radius 3 is 2.60 bits per heavy atom. The molecule has 3 aromatic rings. The summed E-state index contributed by atoms with van der Waals surface area (Å²) in [6.45, 7) is 5.58. The molecule has 220 valence electrons. The van der Waals surface area contributed by atoms with Crippen LogP contribution in [0.15, 0.2) is 48.8 Å². The maximum Gasteiger partial charge on any atom is 0.307 e. The predicted molar refractivity (Wildman–Crippen MR) is 152 cm³/mol. The van der Waals surface area contributed by atoms with Crippen LogP contribution in [0.3, 0.4) is 0 Å². The fourth-order valence-corrected chi connectivity index (χ4v) is 5.40. The SMILES string of the molecule is C[C@H](CC(=O)O)Oc1ccccc1-c1cnc(C(=O)N2CCC(N3C(=O)C(C)(C)Oc4ncc(Cl)cc43)CC2)c(F)c1. The number of para-hydroxylation sites is 1. The first kappa shape index (κ1) is 29.2. The average Bonchev–Trinajstić information content (AvgIpc) is 2.94. The fourth-order valence-electron chi connectivity index (χ4n) is 5.25. The standard InChI is InChI=1S/C30H30ClFN4O6/c1-17(12-25(37)38)41-24-7-5-4-6-21(24)18-13-22(32)26(33-15-18)28(39)35-10-8-20(9-11-35)36-23-14-19(31)16-34-27(23)42-30(2,3)29(36)40/h4-7,13-17,20H,8-12H2,1-3H3,(H,37,38)/t17-/m1/s1. The maximum atomic E-state index is 15.3. The zero-order valence-electron chi connectivity index (χ0n) is 23.3. The number of nitrogens with zero attached hydrogens (tertiary/aromatic N) is 4. The minimum absolute atomic E-state index is 0.195. The third-order valence-electron chi connectivity index (χ3n) is 7.29. The van der Waals surface area contributed by atoms with Crippen LogP contribution in [0.2, 0.25) is 5.02 Å². The van der Waals surface area contributed by atoms with Crippen molar-refractivity contribution in [2.24, 2.45) is 0 Å². The van der Waals surface area contributed by atoms with Crippen LogP contribution >= 0.6 is 11.6 Å². The summed E-state index contributed by atoms with van der Waals surface area (Å²) >= 11 is 6.17. The van der Waals surface area contributed by atoms with Crippen molar-refractivity contribution in [2.45, 2.75) is 57.8 Å². The first-order chi connectivity index (χ1) is 19.9. The highest BCUT2D eigenvalue weighted by Gasteiger charge is 2.45. The number of amides is 2. The largest absolute Gasteiger partial charge is 0.489 e. The van der Waals surface area contributed by atoms with E-state index in [2.05, 4.69) is 9.97 Å². The van der Waals surface area contributed by atoms with E-state index >= 15 is 4.39 Å². The van der Waals surface area contributed by atoms with Gasteiger partial charge in [-0.05, 0) is 51.8 Å². The first-order valence-corrected chi connectivity index (χ1v) is 13.9. The topological polar surface area (TPSA) is 122 Å². The van der Waals surface area contributed by atoms with Crippen LogP contribution < -0.4 is 14.4 Å². The van der Waals surface area contributed by atoms with Crippen LogP contribution in [0.5, 0.6) is 11.6 Å². The van der Waals surface area contributed by atoms with E-state index in [9.17, 15) is 14.4 Å². The highest BCUT2D eigenvalue weighted by atomic mass is 35.5. The molecular weight excluding hydrogens is 567 g/mol. The number of fused-ring (bicyclic) bond motifs is 1. The summed E-state index contributed by atoms with van der Waals surface area (Å²) in [5.74, 6) is -1.85. The summed E-state index contributed by atoms with van der Waals surface area (Å²) in [4.78, 5) is 49.2. The number of ether oxygens (including phenoxy) is 2. The Labute approximate surface area is 247 Å². The molecule has 0 saturated carbocycles. The van der Waals surface area contributed by atoms with Crippen LogP contribution in [-0.4, -0.2) is 68.6 Å². The average molecular weight is 597 g/mol. The number of pyridine rings is 2. The molecule has 10 nitrogen and oxygen atoms in total. The van der Waals surface area contributed by atoms with Gasteiger partial charge in [0.2, 0.25) is 5.88 Å². The number of likely N-dealkylation sites (tertiary alicyclic amines) is 1. The third kappa shape index (κ3) is 5.87. The number of aliphatic carboxylic acids is 1. The number of carbonyl (C=O) groups excluding carboxylic acids is 2. The summed E-state index contributed by atoms with van der Waals surface area (Å²) in [6.07, 6.45) is 2.97. The van der Waals surface area contributed by atoms with E-state index in [0.29, 0.717) is 59.4 Å². The lowest BCUT2D eigenvalue weighted by molar-refractivity contribution is -0.138. The molecule has 0 unspecified atom stereocenters. The molecule has 0 aliphatic carbocycles. The van der Waals surface area contributed by atoms with E-state index in [1.165, 1.54) is 23.4 Å². The van der Waals surface area contributed by atoms with Gasteiger partial charge in [-0.2, -0.15) is 0 Å². The van der Waals surface area contributed by atoms with E-state index in [1.54, 1.807) is 56.0 Å². The minimum Gasteiger partial charge on any atom is -0.489 e. The Bertz CT molecular complexity index is 1540. The summed E-state index contributed by atoms with van der Waals surface area (Å²) in [5, 5.41) is 9.40. The fraction of sp³-hybridized carbons (Fsp3) is 0.367. The zero-order valence-corrected chi connectivity index (χ0v) is 24.1. The van der Waals surface area contributed by atoms with E-state index < -0.39 is 29.4 Å². The smallest absolute Gasteiger partial charge is 0.307 e. The zero-order chi connectivity index (χ0) is 30.2. The van der Waals surface area contributed by atoms with Crippen LogP contribution in [0, 0.1) is 5.82 Å². The van der Waals surface area contributed by atoms with Crippen molar-refractivity contribution in [3.05, 3.63) is 65.3 Å². The second kappa shape index (κ2) is 11.6. The molecule has 5 rings (SSSR count). The van der Waals surface area contributed by atoms with Crippen molar-refractivity contribution in [2.75, 3.05) is 18.0 Å². The van der Waals surface area contributed by atoms with Crippen molar-refractivity contribution in [1.29, 1.82) is 0 Å². The highest BCUT2D eigenvalue weighted by Crippen LogP contribution is 2.40. The Kier molecular flexibility index (Phi) is 8.05. The molecule has 2 aliphatic rings. The molecule has 1 atom stereocenters. The summed E-state index contributed by atoms with van der Waals surface area (Å²) in [5.41, 5.74) is -0.0245. The highest BCUT2D eigenvalue weighted by molar-refractivity contribution is 6.31. The van der Waals surface area contributed by atoms with E-state index in [0.717, 1.165) is 0 Å². The second-order valence-electron chi connectivity index (χ2n) is 10.9. The second-order valence-corrected chi connectivity index (χ2v) is 11.3. The molecule has 0 bridgehead atoms. The van der Waals surface area contributed by atoms with Gasteiger partial charge in [0, 0.05) is 42.7 Å². The number of piperidine rings is 1. The number of benzene rings is 1. The summed E-state index contributed by atoms with van der Waals surface area (Å²) in [6, 6.07) is 9.48. The molecule has 2 aromatic heterocycles. The molecule has 0 radical (unpaired) electrons. The van der Waals surface area contributed by atoms with Gasteiger partial charge in [0.25, 0.3) is 11.8 Å². The van der Waals surface area contributed by atoms with Crippen LogP contribution in [0.4, 0.5) is 10.1 Å². The number of hydrogen-bond donors (Lipinski definition) is 1. The molecular formula is C30H30ClFN4O6. The molecule has 1 aromatic carbocycles. The Morgan fingerprint density at radius 2 is 1.90 bits per heavy atom. The molecule has 2 aliphatic heterocycles. The number of carbonyl (C=O) groups is 3. The van der Waals surface area contributed by atoms with Gasteiger partial charge in [-0.3, -0.25) is 14.4 Å². The molecule has 2 amide bonds.